The van der Waals surface area contributed by atoms with Gasteiger partial charge in [-0.3, -0.25) is 4.39 Å². The van der Waals surface area contributed by atoms with E-state index in [1.54, 1.807) is 0 Å². The summed E-state index contributed by atoms with van der Waals surface area (Å²) in [5, 5.41) is 18.3. The lowest BCUT2D eigenvalue weighted by atomic mass is 9.66. The molecule has 2 aliphatic rings. The van der Waals surface area contributed by atoms with Crippen molar-refractivity contribution in [3.8, 4) is 11.1 Å². The highest BCUT2D eigenvalue weighted by Crippen LogP contribution is 2.46. The number of aryl methyl sites for hydroxylation is 1. The Bertz CT molecular complexity index is 1320. The number of benzene rings is 2. The van der Waals surface area contributed by atoms with Gasteiger partial charge >= 0.3 is 11.9 Å². The highest BCUT2D eigenvalue weighted by atomic mass is 19.1. The minimum absolute atomic E-state index is 0.0546. The van der Waals surface area contributed by atoms with Crippen molar-refractivity contribution in [1.82, 2.24) is 0 Å². The first-order valence-corrected chi connectivity index (χ1v) is 18.5. The van der Waals surface area contributed by atoms with E-state index >= 15 is 0 Å². The third kappa shape index (κ3) is 11.9. The number of carbonyl (C=O) groups excluding carboxylic acids is 2. The zero-order valence-electron chi connectivity index (χ0n) is 29.3. The quantitative estimate of drug-likeness (QED) is 0.0879. The van der Waals surface area contributed by atoms with E-state index in [0.29, 0.717) is 30.6 Å². The van der Waals surface area contributed by atoms with Crippen molar-refractivity contribution in [2.75, 3.05) is 33.1 Å². The van der Waals surface area contributed by atoms with E-state index in [2.05, 4.69) is 61.7 Å². The van der Waals surface area contributed by atoms with Crippen LogP contribution in [0, 0.1) is 23.7 Å². The van der Waals surface area contributed by atoms with Crippen LogP contribution in [-0.2, 0) is 25.5 Å². The molecular formula is C42H57FO6. The Labute approximate surface area is 292 Å². The van der Waals surface area contributed by atoms with E-state index in [0.717, 1.165) is 50.4 Å². The minimum Gasteiger partial charge on any atom is -0.462 e. The van der Waals surface area contributed by atoms with Crippen molar-refractivity contribution in [3.05, 3.63) is 84.0 Å². The Balaban J connectivity index is 1.23. The fourth-order valence-electron chi connectivity index (χ4n) is 8.01. The van der Waals surface area contributed by atoms with Gasteiger partial charge in [0, 0.05) is 0 Å². The molecule has 49 heavy (non-hydrogen) atoms. The van der Waals surface area contributed by atoms with Crippen LogP contribution in [0.5, 0.6) is 0 Å². The maximum Gasteiger partial charge on any atom is 0.335 e. The fraction of sp³-hybridized carbons (Fsp3) is 0.571. The molecule has 268 valence electrons. The number of alkyl halides is 1. The molecule has 6 nitrogen and oxygen atoms in total. The molecule has 0 amide bonds. The molecule has 2 fully saturated rings. The average molecular weight is 677 g/mol. The van der Waals surface area contributed by atoms with Gasteiger partial charge in [-0.2, -0.15) is 0 Å². The van der Waals surface area contributed by atoms with Crippen LogP contribution < -0.4 is 0 Å². The van der Waals surface area contributed by atoms with E-state index in [1.807, 2.05) is 0 Å². The van der Waals surface area contributed by atoms with E-state index in [9.17, 15) is 19.1 Å². The van der Waals surface area contributed by atoms with E-state index in [4.69, 9.17) is 14.6 Å². The molecule has 0 aromatic heterocycles. The normalized spacial score (nSPS) is 21.4. The average Bonchev–Trinajstić information content (AvgIpc) is 3.15. The van der Waals surface area contributed by atoms with Crippen LogP contribution in [-0.4, -0.2) is 55.3 Å². The molecule has 1 atom stereocenters. The number of aliphatic hydroxyl groups is 2. The van der Waals surface area contributed by atoms with Crippen molar-refractivity contribution in [2.45, 2.75) is 95.8 Å². The molecule has 2 aliphatic carbocycles. The third-order valence-corrected chi connectivity index (χ3v) is 11.1. The summed E-state index contributed by atoms with van der Waals surface area (Å²) in [4.78, 5) is 23.9. The second-order valence-electron chi connectivity index (χ2n) is 14.2. The Kier molecular flexibility index (Phi) is 16.0. The Morgan fingerprint density at radius 2 is 1.22 bits per heavy atom. The summed E-state index contributed by atoms with van der Waals surface area (Å²) in [7, 11) is 0. The van der Waals surface area contributed by atoms with Crippen molar-refractivity contribution < 1.29 is 33.7 Å². The number of esters is 2. The SMILES string of the molecule is C=C(CO)C(=O)OCCCC(CCOC(=O)C(=C)CO)C1CCC(C2CCC(c3ccc(-c4ccc(CCCCF)cc4)cc3)CC2)CC1. The summed E-state index contributed by atoms with van der Waals surface area (Å²) >= 11 is 0. The second kappa shape index (κ2) is 20.4. The molecule has 0 bridgehead atoms. The highest BCUT2D eigenvalue weighted by molar-refractivity contribution is 5.88. The maximum absolute atomic E-state index is 12.4. The zero-order chi connectivity index (χ0) is 35.0. The molecule has 4 rings (SSSR count). The van der Waals surface area contributed by atoms with Crippen LogP contribution >= 0.6 is 0 Å². The summed E-state index contributed by atoms with van der Waals surface area (Å²) in [5.74, 6) is 1.93. The van der Waals surface area contributed by atoms with Gasteiger partial charge in [0.15, 0.2) is 0 Å². The van der Waals surface area contributed by atoms with Gasteiger partial charge in [0.1, 0.15) is 0 Å². The van der Waals surface area contributed by atoms with Gasteiger partial charge in [0.05, 0.1) is 44.2 Å². The third-order valence-electron chi connectivity index (χ3n) is 11.1. The first-order valence-electron chi connectivity index (χ1n) is 18.5. The number of carbonyl (C=O) groups is 2. The van der Waals surface area contributed by atoms with Gasteiger partial charge in [-0.25, -0.2) is 9.59 Å². The standard InChI is InChI=1S/C42H57FO6/c1-30(28-44)41(46)48-26-5-7-33(24-27-49-42(47)31(2)29-45)35-12-14-37(15-13-35)39-20-22-40(23-21-39)38-18-16-36(17-19-38)34-10-8-32(9-11-34)6-3-4-25-43/h8-11,16-19,33,35,37,39-40,44-45H,1-7,12-15,20-29H2. The van der Waals surface area contributed by atoms with Crippen molar-refractivity contribution in [2.24, 2.45) is 23.7 Å². The number of hydrogen-bond acceptors (Lipinski definition) is 6. The maximum atomic E-state index is 12.4. The van der Waals surface area contributed by atoms with Crippen LogP contribution in [0.3, 0.4) is 0 Å². The lowest BCUT2D eigenvalue weighted by molar-refractivity contribution is -0.141. The van der Waals surface area contributed by atoms with E-state index in [1.165, 1.54) is 60.8 Å². The number of halogens is 1. The van der Waals surface area contributed by atoms with Gasteiger partial charge < -0.3 is 19.7 Å². The molecule has 0 spiro atoms. The molecule has 0 aliphatic heterocycles. The first kappa shape index (κ1) is 38.5. The Morgan fingerprint density at radius 1 is 0.694 bits per heavy atom. The highest BCUT2D eigenvalue weighted by Gasteiger charge is 2.33. The lowest BCUT2D eigenvalue weighted by Gasteiger charge is -2.40. The summed E-state index contributed by atoms with van der Waals surface area (Å²) in [6.45, 7) is 6.57. The largest absolute Gasteiger partial charge is 0.462 e. The topological polar surface area (TPSA) is 93.1 Å². The van der Waals surface area contributed by atoms with Crippen LogP contribution in [0.2, 0.25) is 0 Å². The molecule has 2 aromatic carbocycles. The summed E-state index contributed by atoms with van der Waals surface area (Å²) in [6.07, 6.45) is 14.6. The van der Waals surface area contributed by atoms with Crippen LogP contribution in [0.4, 0.5) is 4.39 Å². The lowest BCUT2D eigenvalue weighted by Crippen LogP contribution is -2.29. The van der Waals surface area contributed by atoms with E-state index < -0.39 is 25.2 Å². The molecule has 1 unspecified atom stereocenters. The molecule has 7 heteroatoms. The van der Waals surface area contributed by atoms with Gasteiger partial charge in [-0.05, 0) is 142 Å². The Morgan fingerprint density at radius 3 is 1.78 bits per heavy atom. The van der Waals surface area contributed by atoms with Crippen molar-refractivity contribution >= 4 is 11.9 Å². The Hall–Kier alpha value is -3.29. The van der Waals surface area contributed by atoms with Crippen LogP contribution in [0.25, 0.3) is 11.1 Å². The number of rotatable bonds is 19. The van der Waals surface area contributed by atoms with Gasteiger partial charge in [0.2, 0.25) is 0 Å². The fourth-order valence-corrected chi connectivity index (χ4v) is 8.01. The monoisotopic (exact) mass is 676 g/mol. The molecule has 2 saturated carbocycles. The van der Waals surface area contributed by atoms with E-state index in [-0.39, 0.29) is 31.0 Å². The second-order valence-corrected chi connectivity index (χ2v) is 14.2. The molecule has 2 aromatic rings. The van der Waals surface area contributed by atoms with Crippen molar-refractivity contribution in [3.63, 3.8) is 0 Å². The number of unbranched alkanes of at least 4 members (excludes halogenated alkanes) is 1. The van der Waals surface area contributed by atoms with Gasteiger partial charge in [-0.15, -0.1) is 0 Å². The molecule has 2 N–H and O–H groups in total. The minimum atomic E-state index is -0.563. The summed E-state index contributed by atoms with van der Waals surface area (Å²) < 4.78 is 23.1. The number of hydrogen-bond donors (Lipinski definition) is 2. The van der Waals surface area contributed by atoms with Gasteiger partial charge in [-0.1, -0.05) is 61.7 Å². The predicted molar refractivity (Wildman–Crippen MR) is 193 cm³/mol. The smallest absolute Gasteiger partial charge is 0.335 e. The number of aliphatic hydroxyl groups excluding tert-OH is 2. The van der Waals surface area contributed by atoms with Gasteiger partial charge in [0.25, 0.3) is 0 Å². The predicted octanol–water partition coefficient (Wildman–Crippen LogP) is 8.70. The molecular weight excluding hydrogens is 619 g/mol. The zero-order valence-corrected chi connectivity index (χ0v) is 29.3. The summed E-state index contributed by atoms with van der Waals surface area (Å²) in [5.41, 5.74) is 5.30. The first-order chi connectivity index (χ1) is 23.8. The molecule has 0 heterocycles. The van der Waals surface area contributed by atoms with Crippen LogP contribution in [0.15, 0.2) is 72.8 Å². The van der Waals surface area contributed by atoms with Crippen molar-refractivity contribution in [1.29, 1.82) is 0 Å². The van der Waals surface area contributed by atoms with Crippen LogP contribution in [0.1, 0.15) is 101 Å². The summed E-state index contributed by atoms with van der Waals surface area (Å²) in [6, 6.07) is 17.9. The number of ether oxygens (including phenoxy) is 2. The molecule has 0 saturated heterocycles. The molecule has 0 radical (unpaired) electrons.